The van der Waals surface area contributed by atoms with Gasteiger partial charge in [0.2, 0.25) is 0 Å². The van der Waals surface area contributed by atoms with Gasteiger partial charge in [0.1, 0.15) is 5.82 Å². The average molecular weight is 257 g/mol. The summed E-state index contributed by atoms with van der Waals surface area (Å²) in [5.74, 6) is -2.46. The molecule has 0 saturated heterocycles. The molecule has 1 fully saturated rings. The van der Waals surface area contributed by atoms with Crippen LogP contribution in [-0.4, -0.2) is 6.54 Å². The first kappa shape index (κ1) is 13.4. The first-order chi connectivity index (χ1) is 8.63. The predicted molar refractivity (Wildman–Crippen MR) is 64.7 cm³/mol. The molecular weight excluding hydrogens is 239 g/mol. The highest BCUT2D eigenvalue weighted by molar-refractivity contribution is 5.24. The number of benzene rings is 1. The number of rotatable bonds is 4. The first-order valence-electron chi connectivity index (χ1n) is 6.51. The van der Waals surface area contributed by atoms with Crippen LogP contribution in [-0.2, 0) is 0 Å². The van der Waals surface area contributed by atoms with E-state index in [4.69, 9.17) is 0 Å². The predicted octanol–water partition coefficient (Wildman–Crippen LogP) is 3.94. The zero-order valence-electron chi connectivity index (χ0n) is 10.5. The molecule has 0 aromatic heterocycles. The van der Waals surface area contributed by atoms with Gasteiger partial charge in [-0.05, 0) is 31.4 Å². The van der Waals surface area contributed by atoms with Gasteiger partial charge >= 0.3 is 0 Å². The van der Waals surface area contributed by atoms with Crippen LogP contribution in [0.25, 0.3) is 0 Å². The quantitative estimate of drug-likeness (QED) is 0.805. The largest absolute Gasteiger partial charge is 0.310 e. The van der Waals surface area contributed by atoms with Gasteiger partial charge in [0.05, 0.1) is 0 Å². The molecule has 1 aliphatic carbocycles. The molecule has 0 bridgehead atoms. The maximum Gasteiger partial charge on any atom is 0.161 e. The number of nitrogens with one attached hydrogen (secondary N) is 1. The molecule has 1 nitrogen and oxygen atoms in total. The lowest BCUT2D eigenvalue weighted by Gasteiger charge is -2.25. The molecule has 2 rings (SSSR count). The van der Waals surface area contributed by atoms with Gasteiger partial charge in [0, 0.05) is 17.7 Å². The van der Waals surface area contributed by atoms with Crippen LogP contribution in [0.3, 0.4) is 0 Å². The molecule has 0 heterocycles. The van der Waals surface area contributed by atoms with Crippen molar-refractivity contribution < 1.29 is 13.2 Å². The lowest BCUT2D eigenvalue weighted by molar-refractivity contribution is 0.359. The first-order valence-corrected chi connectivity index (χ1v) is 6.51. The molecule has 0 amide bonds. The Hall–Kier alpha value is -1.03. The van der Waals surface area contributed by atoms with Crippen LogP contribution in [0.4, 0.5) is 13.2 Å². The third-order valence-electron chi connectivity index (χ3n) is 3.67. The minimum Gasteiger partial charge on any atom is -0.310 e. The Morgan fingerprint density at radius 1 is 1.11 bits per heavy atom. The van der Waals surface area contributed by atoms with E-state index in [1.807, 2.05) is 6.92 Å². The van der Waals surface area contributed by atoms with E-state index in [9.17, 15) is 13.2 Å². The molecule has 1 aromatic rings. The van der Waals surface area contributed by atoms with Gasteiger partial charge in [0.15, 0.2) is 11.6 Å². The third kappa shape index (κ3) is 2.69. The fourth-order valence-electron chi connectivity index (χ4n) is 2.82. The van der Waals surface area contributed by atoms with Gasteiger partial charge in [-0.2, -0.15) is 0 Å². The van der Waals surface area contributed by atoms with Crippen LogP contribution < -0.4 is 5.32 Å². The summed E-state index contributed by atoms with van der Waals surface area (Å²) in [4.78, 5) is 0. The van der Waals surface area contributed by atoms with Crippen molar-refractivity contribution in [2.45, 2.75) is 38.6 Å². The number of hydrogen-bond acceptors (Lipinski definition) is 1. The Morgan fingerprint density at radius 3 is 2.33 bits per heavy atom. The van der Waals surface area contributed by atoms with Crippen molar-refractivity contribution in [2.24, 2.45) is 5.92 Å². The monoisotopic (exact) mass is 257 g/mol. The van der Waals surface area contributed by atoms with Gasteiger partial charge < -0.3 is 5.32 Å². The van der Waals surface area contributed by atoms with Crippen LogP contribution in [0.2, 0.25) is 0 Å². The summed E-state index contributed by atoms with van der Waals surface area (Å²) in [5.41, 5.74) is 0.252. The van der Waals surface area contributed by atoms with Crippen LogP contribution >= 0.6 is 0 Å². The Labute approximate surface area is 105 Å². The highest BCUT2D eigenvalue weighted by Crippen LogP contribution is 2.37. The van der Waals surface area contributed by atoms with E-state index >= 15 is 0 Å². The molecule has 1 unspecified atom stereocenters. The molecule has 1 aromatic carbocycles. The topological polar surface area (TPSA) is 12.0 Å². The SMILES string of the molecule is CCNC(c1cc(F)c(F)cc1F)C1CCCC1. The molecule has 1 saturated carbocycles. The highest BCUT2D eigenvalue weighted by atomic mass is 19.2. The molecule has 18 heavy (non-hydrogen) atoms. The molecule has 1 aliphatic rings. The van der Waals surface area contributed by atoms with E-state index in [2.05, 4.69) is 5.32 Å². The summed E-state index contributed by atoms with van der Waals surface area (Å²) in [6.07, 6.45) is 4.27. The lowest BCUT2D eigenvalue weighted by atomic mass is 9.91. The van der Waals surface area contributed by atoms with E-state index in [1.165, 1.54) is 0 Å². The fourth-order valence-corrected chi connectivity index (χ4v) is 2.82. The van der Waals surface area contributed by atoms with E-state index < -0.39 is 17.5 Å². The summed E-state index contributed by atoms with van der Waals surface area (Å²) in [5, 5.41) is 3.20. The molecule has 4 heteroatoms. The van der Waals surface area contributed by atoms with Crippen LogP contribution in [0.5, 0.6) is 0 Å². The Bertz CT molecular complexity index is 414. The smallest absolute Gasteiger partial charge is 0.161 e. The molecular formula is C14H18F3N. The molecule has 0 spiro atoms. The van der Waals surface area contributed by atoms with Crippen LogP contribution in [0.1, 0.15) is 44.2 Å². The van der Waals surface area contributed by atoms with Gasteiger partial charge in [-0.25, -0.2) is 13.2 Å². The average Bonchev–Trinajstić information content (AvgIpc) is 2.85. The molecule has 1 N–H and O–H groups in total. The zero-order valence-corrected chi connectivity index (χ0v) is 10.5. The Kier molecular flexibility index (Phi) is 4.27. The Morgan fingerprint density at radius 2 is 1.72 bits per heavy atom. The maximum atomic E-state index is 13.8. The fraction of sp³-hybridized carbons (Fsp3) is 0.571. The summed E-state index contributed by atoms with van der Waals surface area (Å²) in [7, 11) is 0. The van der Waals surface area contributed by atoms with E-state index in [1.54, 1.807) is 0 Å². The third-order valence-corrected chi connectivity index (χ3v) is 3.67. The summed E-state index contributed by atoms with van der Waals surface area (Å²) >= 11 is 0. The Balaban J connectivity index is 2.32. The van der Waals surface area contributed by atoms with Gasteiger partial charge in [-0.3, -0.25) is 0 Å². The number of halogens is 3. The summed E-state index contributed by atoms with van der Waals surface area (Å²) in [6.45, 7) is 2.61. The zero-order chi connectivity index (χ0) is 13.1. The van der Waals surface area contributed by atoms with Crippen molar-refractivity contribution in [3.05, 3.63) is 35.1 Å². The molecule has 0 radical (unpaired) electrons. The highest BCUT2D eigenvalue weighted by Gasteiger charge is 2.28. The summed E-state index contributed by atoms with van der Waals surface area (Å²) < 4.78 is 40.0. The van der Waals surface area contributed by atoms with Crippen LogP contribution in [0, 0.1) is 23.4 Å². The van der Waals surface area contributed by atoms with Crippen molar-refractivity contribution >= 4 is 0 Å². The van der Waals surface area contributed by atoms with E-state index in [0.29, 0.717) is 18.5 Å². The second-order valence-electron chi connectivity index (χ2n) is 4.87. The van der Waals surface area contributed by atoms with Crippen LogP contribution in [0.15, 0.2) is 12.1 Å². The van der Waals surface area contributed by atoms with Gasteiger partial charge in [-0.1, -0.05) is 19.8 Å². The van der Waals surface area contributed by atoms with E-state index in [-0.39, 0.29) is 11.6 Å². The maximum absolute atomic E-state index is 13.8. The molecule has 1 atom stereocenters. The molecule has 0 aliphatic heterocycles. The molecule has 100 valence electrons. The van der Waals surface area contributed by atoms with Gasteiger partial charge in [0.25, 0.3) is 0 Å². The second-order valence-corrected chi connectivity index (χ2v) is 4.87. The summed E-state index contributed by atoms with van der Waals surface area (Å²) in [6, 6.07) is 1.42. The van der Waals surface area contributed by atoms with E-state index in [0.717, 1.165) is 31.7 Å². The lowest BCUT2D eigenvalue weighted by Crippen LogP contribution is -2.28. The van der Waals surface area contributed by atoms with Crippen molar-refractivity contribution in [1.29, 1.82) is 0 Å². The minimum atomic E-state index is -1.13. The second kappa shape index (κ2) is 5.74. The van der Waals surface area contributed by atoms with Gasteiger partial charge in [-0.15, -0.1) is 0 Å². The van der Waals surface area contributed by atoms with Crippen molar-refractivity contribution in [3.8, 4) is 0 Å². The minimum absolute atomic E-state index is 0.215. The van der Waals surface area contributed by atoms with Crippen molar-refractivity contribution in [3.63, 3.8) is 0 Å². The van der Waals surface area contributed by atoms with Crippen molar-refractivity contribution in [2.75, 3.05) is 6.54 Å². The standard InChI is InChI=1S/C14H18F3N/c1-2-18-14(9-5-3-4-6-9)10-7-12(16)13(17)8-11(10)15/h7-9,14,18H,2-6H2,1H3. The number of hydrogen-bond donors (Lipinski definition) is 1. The normalized spacial score (nSPS) is 18.2. The van der Waals surface area contributed by atoms with Crippen molar-refractivity contribution in [1.82, 2.24) is 5.32 Å².